The second-order valence-electron chi connectivity index (χ2n) is 2.61. The minimum Gasteiger partial charge on any atom is -0.484 e. The standard InChI is InChI=1S/C9H8BrNOS/c1-13-9-5-12-8-4-6(10)2-3-7(8)11-9/h2-4H,5H2,1H3. The zero-order valence-corrected chi connectivity index (χ0v) is 9.48. The Hall–Kier alpha value is -0.480. The molecule has 1 aromatic carbocycles. The van der Waals surface area contributed by atoms with Gasteiger partial charge in [-0.1, -0.05) is 15.9 Å². The number of hydrogen-bond acceptors (Lipinski definition) is 3. The van der Waals surface area contributed by atoms with Gasteiger partial charge in [-0.15, -0.1) is 11.8 Å². The van der Waals surface area contributed by atoms with E-state index in [-0.39, 0.29) is 0 Å². The van der Waals surface area contributed by atoms with E-state index in [0.29, 0.717) is 6.61 Å². The highest BCUT2D eigenvalue weighted by Gasteiger charge is 2.11. The van der Waals surface area contributed by atoms with Crippen molar-refractivity contribution in [3.8, 4) is 5.75 Å². The van der Waals surface area contributed by atoms with Crippen molar-refractivity contribution in [2.45, 2.75) is 0 Å². The Labute approximate surface area is 89.5 Å². The lowest BCUT2D eigenvalue weighted by atomic mass is 10.3. The number of hydrogen-bond donors (Lipinski definition) is 0. The number of thioether (sulfide) groups is 1. The van der Waals surface area contributed by atoms with Gasteiger partial charge >= 0.3 is 0 Å². The van der Waals surface area contributed by atoms with Crippen LogP contribution in [0.25, 0.3) is 0 Å². The molecular formula is C9H8BrNOS. The van der Waals surface area contributed by atoms with Crippen molar-refractivity contribution in [1.82, 2.24) is 0 Å². The van der Waals surface area contributed by atoms with E-state index in [4.69, 9.17) is 4.74 Å². The maximum atomic E-state index is 5.53. The summed E-state index contributed by atoms with van der Waals surface area (Å²) in [5.74, 6) is 0.854. The van der Waals surface area contributed by atoms with Crippen LogP contribution in [0.4, 0.5) is 5.69 Å². The Morgan fingerprint density at radius 1 is 1.54 bits per heavy atom. The van der Waals surface area contributed by atoms with E-state index in [1.165, 1.54) is 0 Å². The zero-order valence-electron chi connectivity index (χ0n) is 7.08. The predicted octanol–water partition coefficient (Wildman–Crippen LogP) is 3.23. The summed E-state index contributed by atoms with van der Waals surface area (Å²) in [7, 11) is 0. The topological polar surface area (TPSA) is 21.6 Å². The van der Waals surface area contributed by atoms with Crippen LogP contribution in [-0.2, 0) is 0 Å². The maximum absolute atomic E-state index is 5.53. The molecule has 2 nitrogen and oxygen atoms in total. The first-order chi connectivity index (χ1) is 6.29. The molecule has 1 aliphatic rings. The number of halogens is 1. The van der Waals surface area contributed by atoms with Gasteiger partial charge in [-0.05, 0) is 24.5 Å². The fourth-order valence-corrected chi connectivity index (χ4v) is 1.81. The van der Waals surface area contributed by atoms with Gasteiger partial charge in [0.05, 0.1) is 0 Å². The largest absolute Gasteiger partial charge is 0.484 e. The maximum Gasteiger partial charge on any atom is 0.146 e. The Bertz CT molecular complexity index is 365. The summed E-state index contributed by atoms with van der Waals surface area (Å²) in [6, 6.07) is 5.86. The third-order valence-corrected chi connectivity index (χ3v) is 2.93. The average Bonchev–Trinajstić information content (AvgIpc) is 2.17. The van der Waals surface area contributed by atoms with Crippen molar-refractivity contribution in [1.29, 1.82) is 0 Å². The van der Waals surface area contributed by atoms with Crippen molar-refractivity contribution in [3.63, 3.8) is 0 Å². The molecule has 0 saturated heterocycles. The van der Waals surface area contributed by atoms with Gasteiger partial charge in [0.25, 0.3) is 0 Å². The van der Waals surface area contributed by atoms with E-state index in [1.54, 1.807) is 11.8 Å². The molecule has 0 aliphatic carbocycles. The van der Waals surface area contributed by atoms with Crippen LogP contribution >= 0.6 is 27.7 Å². The first-order valence-electron chi connectivity index (χ1n) is 3.83. The second-order valence-corrected chi connectivity index (χ2v) is 4.41. The lowest BCUT2D eigenvalue weighted by molar-refractivity contribution is 0.375. The van der Waals surface area contributed by atoms with Gasteiger partial charge in [0.15, 0.2) is 0 Å². The molecule has 0 N–H and O–H groups in total. The number of nitrogens with zero attached hydrogens (tertiary/aromatic N) is 1. The summed E-state index contributed by atoms with van der Waals surface area (Å²) in [5.41, 5.74) is 0.916. The average molecular weight is 258 g/mol. The van der Waals surface area contributed by atoms with Crippen molar-refractivity contribution >= 4 is 38.4 Å². The van der Waals surface area contributed by atoms with Crippen LogP contribution in [0.1, 0.15) is 0 Å². The van der Waals surface area contributed by atoms with Crippen LogP contribution in [0, 0.1) is 0 Å². The minimum atomic E-state index is 0.588. The lowest BCUT2D eigenvalue weighted by Crippen LogP contribution is -2.11. The predicted molar refractivity (Wildman–Crippen MR) is 60.2 cm³/mol. The van der Waals surface area contributed by atoms with Gasteiger partial charge in [0, 0.05) is 4.47 Å². The number of rotatable bonds is 0. The molecule has 13 heavy (non-hydrogen) atoms. The fourth-order valence-electron chi connectivity index (χ4n) is 1.11. The number of aliphatic imine (C=N–C) groups is 1. The van der Waals surface area contributed by atoms with Gasteiger partial charge in [-0.25, -0.2) is 4.99 Å². The van der Waals surface area contributed by atoms with Crippen LogP contribution in [0.3, 0.4) is 0 Å². The molecule has 1 aromatic rings. The van der Waals surface area contributed by atoms with Crippen molar-refractivity contribution < 1.29 is 4.74 Å². The van der Waals surface area contributed by atoms with Gasteiger partial charge in [0.2, 0.25) is 0 Å². The van der Waals surface area contributed by atoms with Crippen molar-refractivity contribution in [3.05, 3.63) is 22.7 Å². The fraction of sp³-hybridized carbons (Fsp3) is 0.222. The normalized spacial score (nSPS) is 14.5. The highest BCUT2D eigenvalue weighted by atomic mass is 79.9. The van der Waals surface area contributed by atoms with Gasteiger partial charge in [-0.2, -0.15) is 0 Å². The number of fused-ring (bicyclic) bond motifs is 1. The summed E-state index contributed by atoms with van der Waals surface area (Å²) >= 11 is 5.02. The van der Waals surface area contributed by atoms with E-state index in [9.17, 15) is 0 Å². The number of benzene rings is 1. The summed E-state index contributed by atoms with van der Waals surface area (Å²) in [4.78, 5) is 4.44. The smallest absolute Gasteiger partial charge is 0.146 e. The van der Waals surface area contributed by atoms with Gasteiger partial charge in [-0.3, -0.25) is 0 Å². The van der Waals surface area contributed by atoms with Gasteiger partial charge < -0.3 is 4.74 Å². The summed E-state index contributed by atoms with van der Waals surface area (Å²) in [5, 5.41) is 1.02. The molecule has 0 unspecified atom stereocenters. The Kier molecular flexibility index (Phi) is 2.60. The summed E-state index contributed by atoms with van der Waals surface area (Å²) in [6.07, 6.45) is 2.01. The Morgan fingerprint density at radius 3 is 3.15 bits per heavy atom. The molecule has 0 atom stereocenters. The summed E-state index contributed by atoms with van der Waals surface area (Å²) in [6.45, 7) is 0.588. The molecule has 2 rings (SSSR count). The molecule has 0 fully saturated rings. The quantitative estimate of drug-likeness (QED) is 0.712. The molecular weight excluding hydrogens is 250 g/mol. The highest BCUT2D eigenvalue weighted by molar-refractivity contribution is 9.10. The van der Waals surface area contributed by atoms with E-state index in [2.05, 4.69) is 20.9 Å². The molecule has 0 saturated carbocycles. The molecule has 1 aliphatic heterocycles. The first kappa shape index (κ1) is 9.09. The zero-order chi connectivity index (χ0) is 9.26. The molecule has 0 spiro atoms. The monoisotopic (exact) mass is 257 g/mol. The van der Waals surface area contributed by atoms with Crippen LogP contribution < -0.4 is 4.74 Å². The Morgan fingerprint density at radius 2 is 2.38 bits per heavy atom. The minimum absolute atomic E-state index is 0.588. The molecule has 4 heteroatoms. The third-order valence-electron chi connectivity index (χ3n) is 1.75. The lowest BCUT2D eigenvalue weighted by Gasteiger charge is -2.15. The van der Waals surface area contributed by atoms with E-state index < -0.39 is 0 Å². The molecule has 1 heterocycles. The SMILES string of the molecule is CSC1=Nc2ccc(Br)cc2OC1. The molecule has 0 bridgehead atoms. The Balaban J connectivity index is 2.42. The second kappa shape index (κ2) is 3.72. The molecule has 0 radical (unpaired) electrons. The molecule has 68 valence electrons. The summed E-state index contributed by atoms with van der Waals surface area (Å²) < 4.78 is 6.55. The van der Waals surface area contributed by atoms with E-state index in [1.807, 2.05) is 24.5 Å². The van der Waals surface area contributed by atoms with Crippen LogP contribution in [0.15, 0.2) is 27.7 Å². The van der Waals surface area contributed by atoms with Crippen molar-refractivity contribution in [2.75, 3.05) is 12.9 Å². The third kappa shape index (κ3) is 1.89. The van der Waals surface area contributed by atoms with E-state index >= 15 is 0 Å². The van der Waals surface area contributed by atoms with Crippen LogP contribution in [0.2, 0.25) is 0 Å². The molecule has 0 amide bonds. The van der Waals surface area contributed by atoms with Crippen LogP contribution in [0.5, 0.6) is 5.75 Å². The highest BCUT2D eigenvalue weighted by Crippen LogP contribution is 2.34. The number of ether oxygens (including phenoxy) is 1. The van der Waals surface area contributed by atoms with Crippen LogP contribution in [-0.4, -0.2) is 17.9 Å². The first-order valence-corrected chi connectivity index (χ1v) is 5.85. The van der Waals surface area contributed by atoms with Gasteiger partial charge in [0.1, 0.15) is 23.1 Å². The van der Waals surface area contributed by atoms with Crippen molar-refractivity contribution in [2.24, 2.45) is 4.99 Å². The molecule has 0 aromatic heterocycles. The van der Waals surface area contributed by atoms with E-state index in [0.717, 1.165) is 21.0 Å².